The molecule has 18 heavy (non-hydrogen) atoms. The second kappa shape index (κ2) is 4.37. The number of hydrogen-bond donors (Lipinski definition) is 1. The molecule has 2 aromatic rings. The maximum atomic E-state index is 11.1. The lowest BCUT2D eigenvalue weighted by Gasteiger charge is -2.28. The molecule has 4 heteroatoms. The van der Waals surface area contributed by atoms with Gasteiger partial charge in [-0.3, -0.25) is 4.79 Å². The van der Waals surface area contributed by atoms with Crippen LogP contribution >= 0.6 is 0 Å². The van der Waals surface area contributed by atoms with Gasteiger partial charge in [0.05, 0.1) is 0 Å². The number of piperidine rings is 1. The second-order valence-corrected chi connectivity index (χ2v) is 4.74. The van der Waals surface area contributed by atoms with Crippen LogP contribution in [0.25, 0.3) is 11.0 Å². The molecular formula is C14H16N2O2. The summed E-state index contributed by atoms with van der Waals surface area (Å²) in [6, 6.07) is 7.73. The van der Waals surface area contributed by atoms with Gasteiger partial charge in [0.2, 0.25) is 0 Å². The van der Waals surface area contributed by atoms with E-state index in [9.17, 15) is 4.79 Å². The van der Waals surface area contributed by atoms with Gasteiger partial charge in [-0.2, -0.15) is 0 Å². The lowest BCUT2D eigenvalue weighted by molar-refractivity contribution is 0.0976. The van der Waals surface area contributed by atoms with Crippen LogP contribution in [0.1, 0.15) is 29.8 Å². The van der Waals surface area contributed by atoms with Gasteiger partial charge in [0.25, 0.3) is 5.91 Å². The molecule has 94 valence electrons. The highest BCUT2D eigenvalue weighted by atomic mass is 16.3. The third-order valence-corrected chi connectivity index (χ3v) is 3.46. The van der Waals surface area contributed by atoms with E-state index in [0.717, 1.165) is 18.5 Å². The van der Waals surface area contributed by atoms with Crippen LogP contribution in [0.4, 0.5) is 5.69 Å². The summed E-state index contributed by atoms with van der Waals surface area (Å²) in [6.45, 7) is 2.21. The first-order chi connectivity index (χ1) is 8.74. The molecule has 1 saturated heterocycles. The van der Waals surface area contributed by atoms with Crippen molar-refractivity contribution in [2.24, 2.45) is 5.73 Å². The molecule has 2 heterocycles. The average Bonchev–Trinajstić information content (AvgIpc) is 2.82. The fourth-order valence-electron chi connectivity index (χ4n) is 2.50. The maximum absolute atomic E-state index is 11.1. The van der Waals surface area contributed by atoms with Crippen LogP contribution in [-0.4, -0.2) is 19.0 Å². The summed E-state index contributed by atoms with van der Waals surface area (Å²) in [4.78, 5) is 13.5. The number of hydrogen-bond acceptors (Lipinski definition) is 3. The third kappa shape index (κ3) is 1.94. The van der Waals surface area contributed by atoms with Crippen LogP contribution in [0.5, 0.6) is 0 Å². The number of primary amides is 1. The first kappa shape index (κ1) is 11.1. The van der Waals surface area contributed by atoms with Gasteiger partial charge in [-0.1, -0.05) is 0 Å². The van der Waals surface area contributed by atoms with E-state index in [0.29, 0.717) is 5.58 Å². The zero-order chi connectivity index (χ0) is 12.5. The number of fused-ring (bicyclic) bond motifs is 1. The molecule has 0 radical (unpaired) electrons. The van der Waals surface area contributed by atoms with Crippen molar-refractivity contribution in [3.63, 3.8) is 0 Å². The van der Waals surface area contributed by atoms with Crippen molar-refractivity contribution in [1.82, 2.24) is 0 Å². The number of rotatable bonds is 2. The Morgan fingerprint density at radius 3 is 2.67 bits per heavy atom. The van der Waals surface area contributed by atoms with Gasteiger partial charge in [0.15, 0.2) is 5.76 Å². The SMILES string of the molecule is NC(=O)c1cc2cc(N3CCCCC3)ccc2o1. The molecule has 0 spiro atoms. The Morgan fingerprint density at radius 1 is 1.17 bits per heavy atom. The van der Waals surface area contributed by atoms with E-state index in [2.05, 4.69) is 11.0 Å². The van der Waals surface area contributed by atoms with E-state index in [4.69, 9.17) is 10.2 Å². The van der Waals surface area contributed by atoms with Gasteiger partial charge < -0.3 is 15.1 Å². The lowest BCUT2D eigenvalue weighted by atomic mass is 10.1. The number of amides is 1. The zero-order valence-electron chi connectivity index (χ0n) is 10.2. The van der Waals surface area contributed by atoms with Gasteiger partial charge in [0, 0.05) is 24.2 Å². The molecule has 1 amide bonds. The van der Waals surface area contributed by atoms with Crippen molar-refractivity contribution < 1.29 is 9.21 Å². The summed E-state index contributed by atoms with van der Waals surface area (Å²) >= 11 is 0. The minimum absolute atomic E-state index is 0.223. The zero-order valence-corrected chi connectivity index (χ0v) is 10.2. The predicted molar refractivity (Wildman–Crippen MR) is 70.8 cm³/mol. The van der Waals surface area contributed by atoms with Gasteiger partial charge in [0.1, 0.15) is 5.58 Å². The van der Waals surface area contributed by atoms with E-state index < -0.39 is 5.91 Å². The molecule has 3 rings (SSSR count). The second-order valence-electron chi connectivity index (χ2n) is 4.74. The number of furan rings is 1. The molecule has 1 aliphatic heterocycles. The molecule has 0 bridgehead atoms. The lowest BCUT2D eigenvalue weighted by Crippen LogP contribution is -2.29. The van der Waals surface area contributed by atoms with Crippen LogP contribution < -0.4 is 10.6 Å². The Kier molecular flexibility index (Phi) is 2.70. The number of nitrogens with two attached hydrogens (primary N) is 1. The molecule has 4 nitrogen and oxygen atoms in total. The van der Waals surface area contributed by atoms with Gasteiger partial charge in [-0.25, -0.2) is 0 Å². The molecule has 0 aliphatic carbocycles. The summed E-state index contributed by atoms with van der Waals surface area (Å²) in [5.41, 5.74) is 7.12. The molecule has 1 aromatic heterocycles. The predicted octanol–water partition coefficient (Wildman–Crippen LogP) is 2.52. The van der Waals surface area contributed by atoms with Crippen molar-refractivity contribution in [2.75, 3.05) is 18.0 Å². The monoisotopic (exact) mass is 244 g/mol. The molecule has 0 saturated carbocycles. The van der Waals surface area contributed by atoms with Crippen LogP contribution in [0.15, 0.2) is 28.7 Å². The molecule has 1 aromatic carbocycles. The van der Waals surface area contributed by atoms with Crippen LogP contribution in [-0.2, 0) is 0 Å². The van der Waals surface area contributed by atoms with Crippen LogP contribution in [0.3, 0.4) is 0 Å². The summed E-state index contributed by atoms with van der Waals surface area (Å²) < 4.78 is 5.38. The molecule has 0 unspecified atom stereocenters. The Labute approximate surface area is 105 Å². The molecule has 1 aliphatic rings. The first-order valence-electron chi connectivity index (χ1n) is 6.32. The van der Waals surface area contributed by atoms with Crippen molar-refractivity contribution >= 4 is 22.6 Å². The van der Waals surface area contributed by atoms with Crippen molar-refractivity contribution in [2.45, 2.75) is 19.3 Å². The smallest absolute Gasteiger partial charge is 0.284 e. The molecule has 0 atom stereocenters. The number of benzene rings is 1. The highest BCUT2D eigenvalue weighted by Crippen LogP contribution is 2.26. The van der Waals surface area contributed by atoms with E-state index in [1.54, 1.807) is 6.07 Å². The van der Waals surface area contributed by atoms with Crippen molar-refractivity contribution in [1.29, 1.82) is 0 Å². The Hall–Kier alpha value is -1.97. The standard InChI is InChI=1S/C14H16N2O2/c15-14(17)13-9-10-8-11(4-5-12(10)18-13)16-6-2-1-3-7-16/h4-5,8-9H,1-3,6-7H2,(H2,15,17). The molecule has 2 N–H and O–H groups in total. The highest BCUT2D eigenvalue weighted by molar-refractivity contribution is 5.95. The topological polar surface area (TPSA) is 59.5 Å². The van der Waals surface area contributed by atoms with E-state index >= 15 is 0 Å². The normalized spacial score (nSPS) is 16.1. The van der Waals surface area contributed by atoms with Gasteiger partial charge in [-0.15, -0.1) is 0 Å². The third-order valence-electron chi connectivity index (χ3n) is 3.46. The van der Waals surface area contributed by atoms with Gasteiger partial charge in [-0.05, 0) is 43.5 Å². The van der Waals surface area contributed by atoms with E-state index in [1.165, 1.54) is 24.9 Å². The minimum Gasteiger partial charge on any atom is -0.451 e. The molecular weight excluding hydrogens is 228 g/mol. The van der Waals surface area contributed by atoms with Gasteiger partial charge >= 0.3 is 0 Å². The quantitative estimate of drug-likeness (QED) is 0.883. The number of nitrogens with zero attached hydrogens (tertiary/aromatic N) is 1. The first-order valence-corrected chi connectivity index (χ1v) is 6.32. The largest absolute Gasteiger partial charge is 0.451 e. The number of carbonyl (C=O) groups is 1. The van der Waals surface area contributed by atoms with Crippen LogP contribution in [0, 0.1) is 0 Å². The highest BCUT2D eigenvalue weighted by Gasteiger charge is 2.13. The fraction of sp³-hybridized carbons (Fsp3) is 0.357. The summed E-state index contributed by atoms with van der Waals surface area (Å²) in [6.07, 6.45) is 3.81. The average molecular weight is 244 g/mol. The summed E-state index contributed by atoms with van der Waals surface area (Å²) in [5.74, 6) is -0.300. The minimum atomic E-state index is -0.522. The maximum Gasteiger partial charge on any atom is 0.284 e. The van der Waals surface area contributed by atoms with E-state index in [-0.39, 0.29) is 5.76 Å². The Bertz CT molecular complexity index is 582. The number of anilines is 1. The van der Waals surface area contributed by atoms with Crippen molar-refractivity contribution in [3.8, 4) is 0 Å². The summed E-state index contributed by atoms with van der Waals surface area (Å²) in [5, 5.41) is 0.937. The number of carbonyl (C=O) groups excluding carboxylic acids is 1. The van der Waals surface area contributed by atoms with E-state index in [1.807, 2.05) is 12.1 Å². The van der Waals surface area contributed by atoms with Crippen LogP contribution in [0.2, 0.25) is 0 Å². The summed E-state index contributed by atoms with van der Waals surface area (Å²) in [7, 11) is 0. The Morgan fingerprint density at radius 2 is 1.94 bits per heavy atom. The fourth-order valence-corrected chi connectivity index (χ4v) is 2.50. The molecule has 1 fully saturated rings. The Balaban J connectivity index is 1.96. The van der Waals surface area contributed by atoms with Crippen molar-refractivity contribution in [3.05, 3.63) is 30.0 Å².